The highest BCUT2D eigenvalue weighted by atomic mass is 19.2. The summed E-state index contributed by atoms with van der Waals surface area (Å²) in [6.45, 7) is 7.10. The van der Waals surface area contributed by atoms with Crippen LogP contribution >= 0.6 is 0 Å². The molecule has 8 rings (SSSR count). The van der Waals surface area contributed by atoms with Crippen LogP contribution in [0.4, 0.5) is 57.3 Å². The Hall–Kier alpha value is -5.92. The lowest BCUT2D eigenvalue weighted by atomic mass is 9.95. The van der Waals surface area contributed by atoms with E-state index >= 15 is 13.2 Å². The summed E-state index contributed by atoms with van der Waals surface area (Å²) < 4.78 is 46.1. The number of urea groups is 2. The van der Waals surface area contributed by atoms with Crippen LogP contribution in [-0.4, -0.2) is 145 Å². The lowest BCUT2D eigenvalue weighted by Gasteiger charge is -2.40. The summed E-state index contributed by atoms with van der Waals surface area (Å²) >= 11 is 0. The van der Waals surface area contributed by atoms with Crippen molar-refractivity contribution in [2.75, 3.05) is 111 Å². The number of amides is 6. The fourth-order valence-corrected chi connectivity index (χ4v) is 8.75. The van der Waals surface area contributed by atoms with E-state index in [4.69, 9.17) is 5.73 Å². The normalized spacial score (nSPS) is 21.1. The number of anilines is 6. The topological polar surface area (TPSA) is 180 Å². The van der Waals surface area contributed by atoms with E-state index in [1.165, 1.54) is 18.2 Å². The summed E-state index contributed by atoms with van der Waals surface area (Å²) in [5.41, 5.74) is 6.20. The average Bonchev–Trinajstić information content (AvgIpc) is 3.57. The van der Waals surface area contributed by atoms with Crippen LogP contribution in [0.25, 0.3) is 0 Å². The third-order valence-electron chi connectivity index (χ3n) is 12.1. The summed E-state index contributed by atoms with van der Waals surface area (Å²) in [4.78, 5) is 65.9. The maximum absolute atomic E-state index is 15.7. The molecule has 6 amide bonds. The first-order valence-electron chi connectivity index (χ1n) is 20.1. The number of hydrogen-bond donors (Lipinski definition) is 3. The number of hydrogen-bond acceptors (Lipinski definition) is 12. The largest absolute Gasteiger partial charge is 0.369 e. The number of halogens is 3. The van der Waals surface area contributed by atoms with Crippen molar-refractivity contribution in [1.29, 1.82) is 0 Å². The van der Waals surface area contributed by atoms with E-state index in [0.29, 0.717) is 69.7 Å². The smallest absolute Gasteiger partial charge is 0.328 e. The van der Waals surface area contributed by atoms with Gasteiger partial charge in [-0.2, -0.15) is 4.98 Å². The molecular weight excluding hydrogens is 772 g/mol. The van der Waals surface area contributed by atoms with Gasteiger partial charge in [0.05, 0.1) is 23.1 Å². The van der Waals surface area contributed by atoms with Gasteiger partial charge in [0, 0.05) is 97.7 Å². The second kappa shape index (κ2) is 16.7. The van der Waals surface area contributed by atoms with E-state index in [-0.39, 0.29) is 53.9 Å². The lowest BCUT2D eigenvalue weighted by Crippen LogP contribution is -2.50. The Morgan fingerprint density at radius 3 is 2.24 bits per heavy atom. The Bertz CT molecular complexity index is 2110. The van der Waals surface area contributed by atoms with Gasteiger partial charge in [-0.25, -0.2) is 22.8 Å². The number of carbonyl (C=O) groups excluding carboxylic acids is 4. The van der Waals surface area contributed by atoms with E-state index < -0.39 is 35.3 Å². The average molecular weight is 820 g/mol. The molecule has 6 heterocycles. The maximum atomic E-state index is 15.7. The number of imide groups is 1. The van der Waals surface area contributed by atoms with Crippen LogP contribution in [-0.2, 0) is 4.79 Å². The molecule has 0 bridgehead atoms. The molecule has 3 aromatic rings. The van der Waals surface area contributed by atoms with Gasteiger partial charge in [0.25, 0.3) is 5.91 Å². The van der Waals surface area contributed by atoms with Gasteiger partial charge in [0.1, 0.15) is 5.82 Å². The van der Waals surface area contributed by atoms with Crippen LogP contribution in [0.3, 0.4) is 0 Å². The first kappa shape index (κ1) is 39.9. The van der Waals surface area contributed by atoms with Crippen molar-refractivity contribution in [3.63, 3.8) is 0 Å². The quantitative estimate of drug-likeness (QED) is 0.273. The molecule has 2 aromatic carbocycles. The highest BCUT2D eigenvalue weighted by molar-refractivity contribution is 6.05. The molecule has 5 aliphatic rings. The molecule has 0 aliphatic carbocycles. The summed E-state index contributed by atoms with van der Waals surface area (Å²) in [5.74, 6) is -3.15. The molecule has 20 heteroatoms. The molecule has 1 unspecified atom stereocenters. The van der Waals surface area contributed by atoms with Crippen LogP contribution in [0.15, 0.2) is 30.3 Å². The van der Waals surface area contributed by atoms with Crippen LogP contribution in [0.2, 0.25) is 0 Å². The zero-order chi connectivity index (χ0) is 41.4. The number of carbonyl (C=O) groups is 4. The van der Waals surface area contributed by atoms with Gasteiger partial charge >= 0.3 is 12.1 Å². The Kier molecular flexibility index (Phi) is 11.3. The number of nitrogens with one attached hydrogen (secondary N) is 2. The number of rotatable bonds is 10. The van der Waals surface area contributed by atoms with Gasteiger partial charge in [0.15, 0.2) is 23.1 Å². The number of piperazine rings is 1. The molecular formula is C39H48F3N13O4. The summed E-state index contributed by atoms with van der Waals surface area (Å²) in [5, 5.41) is 13.4. The number of piperidine rings is 2. The monoisotopic (exact) mass is 819 g/mol. The molecule has 5 fully saturated rings. The highest BCUT2D eigenvalue weighted by Gasteiger charge is 2.36. The molecule has 0 radical (unpaired) electrons. The number of primary amides is 1. The molecule has 0 spiro atoms. The minimum Gasteiger partial charge on any atom is -0.369 e. The van der Waals surface area contributed by atoms with Crippen LogP contribution in [0.5, 0.6) is 0 Å². The zero-order valence-electron chi connectivity index (χ0n) is 32.9. The number of benzene rings is 2. The van der Waals surface area contributed by atoms with E-state index in [0.717, 1.165) is 50.2 Å². The second-order valence-corrected chi connectivity index (χ2v) is 15.8. The highest BCUT2D eigenvalue weighted by Crippen LogP contribution is 2.34. The zero-order valence-corrected chi connectivity index (χ0v) is 32.9. The van der Waals surface area contributed by atoms with Gasteiger partial charge in [-0.1, -0.05) is 0 Å². The Morgan fingerprint density at radius 2 is 1.54 bits per heavy atom. The van der Waals surface area contributed by atoms with Crippen molar-refractivity contribution in [1.82, 2.24) is 35.2 Å². The lowest BCUT2D eigenvalue weighted by molar-refractivity contribution is -0.120. The summed E-state index contributed by atoms with van der Waals surface area (Å²) in [7, 11) is 1.79. The maximum Gasteiger partial charge on any atom is 0.328 e. The molecule has 17 nitrogen and oxygen atoms in total. The second-order valence-electron chi connectivity index (χ2n) is 15.8. The van der Waals surface area contributed by atoms with E-state index in [1.54, 1.807) is 24.1 Å². The third kappa shape index (κ3) is 8.35. The van der Waals surface area contributed by atoms with E-state index in [2.05, 4.69) is 30.7 Å². The first-order valence-corrected chi connectivity index (χ1v) is 20.1. The SMILES string of the molecule is CN1CCN(C2CCCN(c3nnc(C(N)=O)c(Nc4ccc(N5CCN(CC6CCN(c7ccc(N8CCC(=O)NC8=O)c(F)c7F)CC6)CC5)c(F)c4)n3)C2)C1=O. The van der Waals surface area contributed by atoms with Crippen molar-refractivity contribution in [3.8, 4) is 0 Å². The first-order chi connectivity index (χ1) is 28.4. The number of nitrogens with zero attached hydrogens (tertiary/aromatic N) is 10. The molecule has 4 N–H and O–H groups in total. The summed E-state index contributed by atoms with van der Waals surface area (Å²) in [6.07, 6.45) is 3.27. The van der Waals surface area contributed by atoms with Crippen LogP contribution < -0.4 is 36.0 Å². The van der Waals surface area contributed by atoms with Crippen molar-refractivity contribution in [3.05, 3.63) is 53.5 Å². The van der Waals surface area contributed by atoms with Crippen LogP contribution in [0.1, 0.15) is 42.6 Å². The molecule has 5 saturated heterocycles. The molecule has 59 heavy (non-hydrogen) atoms. The van der Waals surface area contributed by atoms with Crippen LogP contribution in [0, 0.1) is 23.4 Å². The fourth-order valence-electron chi connectivity index (χ4n) is 8.75. The van der Waals surface area contributed by atoms with Gasteiger partial charge in [-0.15, -0.1) is 10.2 Å². The predicted molar refractivity (Wildman–Crippen MR) is 213 cm³/mol. The molecule has 314 valence electrons. The number of nitrogens with two attached hydrogens (primary N) is 1. The third-order valence-corrected chi connectivity index (χ3v) is 12.1. The van der Waals surface area contributed by atoms with Gasteiger partial charge in [0.2, 0.25) is 11.9 Å². The minimum absolute atomic E-state index is 0.00298. The minimum atomic E-state index is -1.11. The van der Waals surface area contributed by atoms with E-state index in [9.17, 15) is 19.2 Å². The Labute approximate surface area is 339 Å². The van der Waals surface area contributed by atoms with Gasteiger partial charge in [-0.05, 0) is 61.9 Å². The number of aromatic nitrogens is 3. The van der Waals surface area contributed by atoms with Crippen molar-refractivity contribution in [2.24, 2.45) is 11.7 Å². The fraction of sp³-hybridized carbons (Fsp3) is 0.513. The number of likely N-dealkylation sites (N-methyl/N-ethyl adjacent to an activating group) is 1. The molecule has 5 aliphatic heterocycles. The van der Waals surface area contributed by atoms with Gasteiger partial charge < -0.3 is 35.6 Å². The van der Waals surface area contributed by atoms with Gasteiger partial charge in [-0.3, -0.25) is 24.7 Å². The predicted octanol–water partition coefficient (Wildman–Crippen LogP) is 2.95. The Balaban J connectivity index is 0.836. The van der Waals surface area contributed by atoms with Crippen molar-refractivity contribution >= 4 is 58.4 Å². The molecule has 0 saturated carbocycles. The molecule has 1 atom stereocenters. The van der Waals surface area contributed by atoms with E-state index in [1.807, 2.05) is 19.6 Å². The standard InChI is InChI=1S/C39H48F3N13O4/c1-49-15-20-54(39(49)59)26-3-2-11-53(23-26)37-46-36(34(35(43)57)47-48-37)44-25-4-5-28(27(40)21-25)52-18-16-50(17-19-52)22-24-8-12-51(13-9-24)29-6-7-30(33(42)32(29)41)55-14-10-31(56)45-38(55)58/h4-7,21,24,26H,2-3,8-20,22-23H2,1H3,(H2,43,57)(H,44,46,48)(H,45,56,58). The Morgan fingerprint density at radius 1 is 0.831 bits per heavy atom. The van der Waals surface area contributed by atoms with Crippen molar-refractivity contribution in [2.45, 2.75) is 38.1 Å². The van der Waals surface area contributed by atoms with Crippen molar-refractivity contribution < 1.29 is 32.3 Å². The summed E-state index contributed by atoms with van der Waals surface area (Å²) in [6, 6.07) is 6.85. The molecule has 1 aromatic heterocycles.